The second-order valence-electron chi connectivity index (χ2n) is 10.2. The van der Waals surface area contributed by atoms with Crippen LogP contribution >= 0.6 is 0 Å². The number of aromatic amines is 1. The molecular weight excluding hydrogens is 498 g/mol. The summed E-state index contributed by atoms with van der Waals surface area (Å²) >= 11 is 0. The maximum absolute atomic E-state index is 12.7. The number of anilines is 1. The van der Waals surface area contributed by atoms with E-state index in [0.717, 1.165) is 65.6 Å². The second-order valence-corrected chi connectivity index (χ2v) is 12.2. The van der Waals surface area contributed by atoms with Gasteiger partial charge in [-0.15, -0.1) is 0 Å². The number of hydrogen-bond donors (Lipinski definition) is 2. The zero-order valence-corrected chi connectivity index (χ0v) is 21.8. The van der Waals surface area contributed by atoms with Gasteiger partial charge < -0.3 is 14.9 Å². The van der Waals surface area contributed by atoms with Gasteiger partial charge in [0, 0.05) is 36.5 Å². The van der Waals surface area contributed by atoms with Crippen molar-refractivity contribution in [3.63, 3.8) is 0 Å². The molecule has 2 saturated heterocycles. The van der Waals surface area contributed by atoms with E-state index in [1.165, 1.54) is 4.31 Å². The van der Waals surface area contributed by atoms with Crippen LogP contribution in [0.4, 0.5) is 5.69 Å². The number of H-pyrrole nitrogens is 1. The summed E-state index contributed by atoms with van der Waals surface area (Å²) in [4.78, 5) is 17.5. The average Bonchev–Trinajstić information content (AvgIpc) is 3.57. The molecule has 9 nitrogen and oxygen atoms in total. The summed E-state index contributed by atoms with van der Waals surface area (Å²) in [5.41, 5.74) is 7.83. The number of rotatable bonds is 4. The van der Waals surface area contributed by atoms with E-state index in [1.54, 1.807) is 6.20 Å². The Bertz CT molecular complexity index is 1750. The van der Waals surface area contributed by atoms with E-state index in [1.807, 2.05) is 36.8 Å². The Labute approximate surface area is 221 Å². The van der Waals surface area contributed by atoms with Gasteiger partial charge in [-0.3, -0.25) is 4.31 Å². The molecule has 10 heteroatoms. The first kappa shape index (κ1) is 23.4. The fourth-order valence-electron chi connectivity index (χ4n) is 5.71. The Morgan fingerprint density at radius 2 is 1.95 bits per heavy atom. The minimum atomic E-state index is -3.29. The molecule has 2 fully saturated rings. The van der Waals surface area contributed by atoms with Crippen molar-refractivity contribution in [1.82, 2.24) is 29.8 Å². The smallest absolute Gasteiger partial charge is 0.235 e. The normalized spacial score (nSPS) is 19.8. The number of piperidine rings is 1. The van der Waals surface area contributed by atoms with Crippen LogP contribution in [0.3, 0.4) is 0 Å². The van der Waals surface area contributed by atoms with E-state index >= 15 is 0 Å². The topological polar surface area (TPSA) is 109 Å². The fourth-order valence-corrected chi connectivity index (χ4v) is 7.34. The number of hydrogen-bond acceptors (Lipinski definition) is 6. The van der Waals surface area contributed by atoms with Gasteiger partial charge in [0.05, 0.1) is 40.7 Å². The van der Waals surface area contributed by atoms with Gasteiger partial charge in [0.25, 0.3) is 0 Å². The lowest BCUT2D eigenvalue weighted by atomic mass is 10.1. The minimum Gasteiger partial charge on any atom is -0.344 e. The summed E-state index contributed by atoms with van der Waals surface area (Å²) in [5, 5.41) is 3.50. The largest absolute Gasteiger partial charge is 0.344 e. The molecule has 2 N–H and O–H groups in total. The minimum absolute atomic E-state index is 0.191. The highest BCUT2D eigenvalue weighted by molar-refractivity contribution is 7.92. The predicted octanol–water partition coefficient (Wildman–Crippen LogP) is 4.50. The maximum atomic E-state index is 12.7. The third kappa shape index (κ3) is 4.04. The lowest BCUT2D eigenvalue weighted by Crippen LogP contribution is -2.37. The van der Waals surface area contributed by atoms with Crippen LogP contribution in [0, 0.1) is 0 Å². The summed E-state index contributed by atoms with van der Waals surface area (Å²) in [6, 6.07) is 14.3. The third-order valence-corrected chi connectivity index (χ3v) is 9.58. The summed E-state index contributed by atoms with van der Waals surface area (Å²) in [6.45, 7) is 2.53. The zero-order valence-electron chi connectivity index (χ0n) is 21.0. The number of nitrogens with one attached hydrogen (secondary N) is 2. The van der Waals surface area contributed by atoms with Crippen molar-refractivity contribution in [3.05, 3.63) is 61.2 Å². The van der Waals surface area contributed by atoms with Crippen LogP contribution in [0.15, 0.2) is 61.2 Å². The number of sulfonamides is 1. The molecule has 0 aliphatic carbocycles. The van der Waals surface area contributed by atoms with Gasteiger partial charge in [-0.2, -0.15) is 0 Å². The van der Waals surface area contributed by atoms with Crippen LogP contribution in [-0.2, 0) is 10.0 Å². The molecule has 0 spiro atoms. The van der Waals surface area contributed by atoms with E-state index < -0.39 is 10.0 Å². The van der Waals surface area contributed by atoms with Gasteiger partial charge in [0.1, 0.15) is 5.52 Å². The highest BCUT2D eigenvalue weighted by atomic mass is 32.2. The number of fused-ring (bicyclic) bond motifs is 2. The molecule has 2 aliphatic rings. The number of benzene rings is 2. The van der Waals surface area contributed by atoms with Crippen LogP contribution < -0.4 is 9.62 Å². The molecule has 194 valence electrons. The summed E-state index contributed by atoms with van der Waals surface area (Å²) in [7, 11) is -3.29. The first-order valence-corrected chi connectivity index (χ1v) is 14.8. The van der Waals surface area contributed by atoms with E-state index in [2.05, 4.69) is 43.0 Å². The number of aromatic nitrogens is 5. The van der Waals surface area contributed by atoms with Crippen molar-refractivity contribution in [2.75, 3.05) is 29.7 Å². The van der Waals surface area contributed by atoms with Crippen LogP contribution in [0.25, 0.3) is 44.6 Å². The van der Waals surface area contributed by atoms with Crippen LogP contribution in [-0.4, -0.2) is 58.3 Å². The molecule has 38 heavy (non-hydrogen) atoms. The van der Waals surface area contributed by atoms with Gasteiger partial charge in [-0.25, -0.2) is 23.4 Å². The van der Waals surface area contributed by atoms with Crippen molar-refractivity contribution in [2.24, 2.45) is 0 Å². The second kappa shape index (κ2) is 9.21. The van der Waals surface area contributed by atoms with E-state index in [-0.39, 0.29) is 5.75 Å². The Balaban J connectivity index is 1.27. The van der Waals surface area contributed by atoms with Gasteiger partial charge in [0.15, 0.2) is 5.65 Å². The molecule has 1 unspecified atom stereocenters. The van der Waals surface area contributed by atoms with E-state index in [9.17, 15) is 8.42 Å². The summed E-state index contributed by atoms with van der Waals surface area (Å²) in [6.07, 6.45) is 9.52. The fraction of sp³-hybridized carbons (Fsp3) is 0.321. The van der Waals surface area contributed by atoms with Crippen molar-refractivity contribution in [2.45, 2.75) is 31.7 Å². The highest BCUT2D eigenvalue weighted by Crippen LogP contribution is 2.33. The molecule has 0 saturated carbocycles. The third-order valence-electron chi connectivity index (χ3n) is 7.71. The Morgan fingerprint density at radius 3 is 2.82 bits per heavy atom. The molecule has 0 radical (unpaired) electrons. The van der Waals surface area contributed by atoms with E-state index in [0.29, 0.717) is 36.0 Å². The van der Waals surface area contributed by atoms with Crippen molar-refractivity contribution < 1.29 is 8.42 Å². The Morgan fingerprint density at radius 1 is 1.00 bits per heavy atom. The summed E-state index contributed by atoms with van der Waals surface area (Å²) in [5.74, 6) is 0.191. The molecule has 3 aromatic heterocycles. The highest BCUT2D eigenvalue weighted by Gasteiger charge is 2.26. The molecule has 0 bridgehead atoms. The van der Waals surface area contributed by atoms with Crippen molar-refractivity contribution in [3.8, 4) is 22.4 Å². The first-order valence-electron chi connectivity index (χ1n) is 13.2. The number of nitrogens with zero attached hydrogens (tertiary/aromatic N) is 5. The van der Waals surface area contributed by atoms with Crippen LogP contribution in [0.1, 0.15) is 31.7 Å². The molecule has 1 atom stereocenters. The molecule has 5 heterocycles. The van der Waals surface area contributed by atoms with Gasteiger partial charge in [0.2, 0.25) is 10.0 Å². The SMILES string of the molecule is O=S1(=O)CCCCN1c1cccc(-c2cnc3[nH]cc(-c4ccc5ncn(C6CCCNC6)c5c4)c3n2)c1. The molecule has 0 amide bonds. The standard InChI is InChI=1S/C28H29N7O2S/c36-38(37)12-2-1-11-35(38)21-6-3-5-20(13-21)25-17-31-28-27(33-25)23(16-30-28)19-8-9-24-26(14-19)34(18-32-24)22-7-4-10-29-15-22/h3,5-6,8-9,13-14,16-18,22,29H,1-2,4,7,10-12,15H2,(H,30,31). The predicted molar refractivity (Wildman–Crippen MR) is 150 cm³/mol. The average molecular weight is 528 g/mol. The van der Waals surface area contributed by atoms with Crippen molar-refractivity contribution >= 4 is 37.9 Å². The monoisotopic (exact) mass is 527 g/mol. The number of imidazole rings is 1. The van der Waals surface area contributed by atoms with Gasteiger partial charge in [-0.05, 0) is 62.1 Å². The van der Waals surface area contributed by atoms with E-state index in [4.69, 9.17) is 4.98 Å². The molecular formula is C28H29N7O2S. The lowest BCUT2D eigenvalue weighted by molar-refractivity contribution is 0.378. The zero-order chi connectivity index (χ0) is 25.7. The molecule has 5 aromatic rings. The first-order chi connectivity index (χ1) is 18.6. The van der Waals surface area contributed by atoms with Crippen LogP contribution in [0.5, 0.6) is 0 Å². The summed E-state index contributed by atoms with van der Waals surface area (Å²) < 4.78 is 29.1. The lowest BCUT2D eigenvalue weighted by Gasteiger charge is -2.28. The maximum Gasteiger partial charge on any atom is 0.235 e. The molecule has 2 aromatic carbocycles. The van der Waals surface area contributed by atoms with Crippen molar-refractivity contribution in [1.29, 1.82) is 0 Å². The van der Waals surface area contributed by atoms with Gasteiger partial charge >= 0.3 is 0 Å². The van der Waals surface area contributed by atoms with Gasteiger partial charge in [-0.1, -0.05) is 18.2 Å². The molecule has 7 rings (SSSR count). The Hall–Kier alpha value is -3.76. The Kier molecular flexibility index (Phi) is 5.66. The quantitative estimate of drug-likeness (QED) is 0.356. The van der Waals surface area contributed by atoms with Crippen LogP contribution in [0.2, 0.25) is 0 Å². The molecule has 2 aliphatic heterocycles.